The number of carbonyl (C=O) groups excluding carboxylic acids is 1. The van der Waals surface area contributed by atoms with Crippen LogP contribution in [0.5, 0.6) is 5.75 Å². The summed E-state index contributed by atoms with van der Waals surface area (Å²) in [6.45, 7) is 4.41. The van der Waals surface area contributed by atoms with Crippen molar-refractivity contribution in [2.75, 3.05) is 18.5 Å². The van der Waals surface area contributed by atoms with Gasteiger partial charge in [-0.25, -0.2) is 9.78 Å². The molecule has 1 N–H and O–H groups in total. The van der Waals surface area contributed by atoms with Crippen LogP contribution in [-0.2, 0) is 13.1 Å². The van der Waals surface area contributed by atoms with E-state index >= 15 is 0 Å². The molecule has 1 heterocycles. The monoisotopic (exact) mass is 456 g/mol. The van der Waals surface area contributed by atoms with E-state index in [9.17, 15) is 4.79 Å². The van der Waals surface area contributed by atoms with Crippen molar-refractivity contribution >= 4 is 27.6 Å². The molecule has 0 spiro atoms. The number of carbonyl (C=O) groups is 1. The van der Waals surface area contributed by atoms with Gasteiger partial charge >= 0.3 is 6.03 Å². The molecule has 29 heavy (non-hydrogen) atoms. The Morgan fingerprint density at radius 2 is 2.00 bits per heavy atom. The predicted molar refractivity (Wildman–Crippen MR) is 118 cm³/mol. The molecule has 1 aromatic heterocycles. The molecule has 7 heteroatoms. The molecule has 2 amide bonds. The highest BCUT2D eigenvalue weighted by molar-refractivity contribution is 9.10. The predicted octanol–water partition coefficient (Wildman–Crippen LogP) is 5.17. The zero-order valence-corrected chi connectivity index (χ0v) is 18.0. The Bertz CT molecular complexity index is 915. The van der Waals surface area contributed by atoms with Gasteiger partial charge in [-0.3, -0.25) is 0 Å². The highest BCUT2D eigenvalue weighted by Crippen LogP contribution is 2.23. The molecule has 0 fully saturated rings. The Kier molecular flexibility index (Phi) is 7.69. The van der Waals surface area contributed by atoms with Crippen LogP contribution in [0.15, 0.2) is 71.7 Å². The quantitative estimate of drug-likeness (QED) is 0.483. The van der Waals surface area contributed by atoms with Crippen LogP contribution in [0, 0.1) is 0 Å². The molecule has 0 radical (unpaired) electrons. The van der Waals surface area contributed by atoms with E-state index in [0.29, 0.717) is 19.7 Å². The Morgan fingerprint density at radius 1 is 1.21 bits per heavy atom. The van der Waals surface area contributed by atoms with E-state index in [2.05, 4.69) is 26.2 Å². The summed E-state index contributed by atoms with van der Waals surface area (Å²) >= 11 is 3.49. The minimum atomic E-state index is -0.145. The van der Waals surface area contributed by atoms with Gasteiger partial charge in [0, 0.05) is 35.5 Å². The average molecular weight is 457 g/mol. The largest absolute Gasteiger partial charge is 0.494 e. The number of halogens is 1. The summed E-state index contributed by atoms with van der Waals surface area (Å²) in [6, 6.07) is 15.3. The van der Waals surface area contributed by atoms with Crippen LogP contribution in [0.2, 0.25) is 0 Å². The number of benzene rings is 2. The number of rotatable bonds is 9. The summed E-state index contributed by atoms with van der Waals surface area (Å²) in [5, 5.41) is 3.01. The maximum atomic E-state index is 13.1. The van der Waals surface area contributed by atoms with Gasteiger partial charge in [-0.15, -0.1) is 0 Å². The second-order valence-corrected chi connectivity index (χ2v) is 7.38. The van der Waals surface area contributed by atoms with Crippen molar-refractivity contribution in [3.8, 4) is 5.75 Å². The zero-order valence-electron chi connectivity index (χ0n) is 16.4. The number of anilines is 1. The molecule has 0 aliphatic carbocycles. The first kappa shape index (κ1) is 20.9. The molecule has 0 bridgehead atoms. The molecule has 2 aromatic carbocycles. The lowest BCUT2D eigenvalue weighted by Crippen LogP contribution is -2.36. The molecular weight excluding hydrogens is 432 g/mol. The van der Waals surface area contributed by atoms with Gasteiger partial charge in [0.25, 0.3) is 0 Å². The molecule has 0 saturated carbocycles. The van der Waals surface area contributed by atoms with Crippen molar-refractivity contribution in [2.45, 2.75) is 26.4 Å². The fourth-order valence-electron chi connectivity index (χ4n) is 3.01. The Balaban J connectivity index is 1.73. The molecule has 0 unspecified atom stereocenters. The third-order valence-electron chi connectivity index (χ3n) is 4.44. The second kappa shape index (κ2) is 10.7. The first-order chi connectivity index (χ1) is 14.2. The third kappa shape index (κ3) is 6.09. The number of hydrogen-bond donors (Lipinski definition) is 1. The van der Waals surface area contributed by atoms with Crippen molar-refractivity contribution < 1.29 is 9.53 Å². The fraction of sp³-hybridized carbons (Fsp3) is 0.273. The molecule has 0 atom stereocenters. The molecular formula is C22H25BrN4O2. The van der Waals surface area contributed by atoms with Gasteiger partial charge < -0.3 is 19.5 Å². The van der Waals surface area contributed by atoms with E-state index in [0.717, 1.165) is 34.4 Å². The van der Waals surface area contributed by atoms with Crippen molar-refractivity contribution in [2.24, 2.45) is 0 Å². The van der Waals surface area contributed by atoms with Gasteiger partial charge in [0.2, 0.25) is 0 Å². The minimum Gasteiger partial charge on any atom is -0.494 e. The minimum absolute atomic E-state index is 0.145. The summed E-state index contributed by atoms with van der Waals surface area (Å²) in [7, 11) is 0. The number of aromatic nitrogens is 2. The lowest BCUT2D eigenvalue weighted by atomic mass is 10.2. The summed E-state index contributed by atoms with van der Waals surface area (Å²) in [5.41, 5.74) is 1.73. The van der Waals surface area contributed by atoms with Crippen LogP contribution in [0.1, 0.15) is 18.9 Å². The molecule has 0 aliphatic heterocycles. The number of urea groups is 1. The van der Waals surface area contributed by atoms with Crippen LogP contribution in [0.25, 0.3) is 0 Å². The molecule has 0 aliphatic rings. The van der Waals surface area contributed by atoms with E-state index in [1.54, 1.807) is 12.5 Å². The summed E-state index contributed by atoms with van der Waals surface area (Å²) in [6.07, 6.45) is 6.29. The van der Waals surface area contributed by atoms with E-state index in [4.69, 9.17) is 4.74 Å². The lowest BCUT2D eigenvalue weighted by molar-refractivity contribution is 0.206. The fourth-order valence-corrected chi connectivity index (χ4v) is 3.39. The van der Waals surface area contributed by atoms with Gasteiger partial charge in [-0.1, -0.05) is 30.3 Å². The standard InChI is InChI=1S/C22H25BrN4O2/c1-2-29-21-11-6-3-8-18(21)16-27(14-7-13-26-15-12-24-17-26)22(28)25-20-10-5-4-9-19(20)23/h3-6,8-12,15,17H,2,7,13-14,16H2,1H3,(H,25,28). The lowest BCUT2D eigenvalue weighted by Gasteiger charge is -2.25. The maximum absolute atomic E-state index is 13.1. The van der Waals surface area contributed by atoms with E-state index < -0.39 is 0 Å². The zero-order chi connectivity index (χ0) is 20.5. The van der Waals surface area contributed by atoms with E-state index in [-0.39, 0.29) is 6.03 Å². The highest BCUT2D eigenvalue weighted by atomic mass is 79.9. The van der Waals surface area contributed by atoms with Gasteiger partial charge in [0.15, 0.2) is 0 Å². The van der Waals surface area contributed by atoms with Gasteiger partial charge in [0.05, 0.1) is 25.2 Å². The SMILES string of the molecule is CCOc1ccccc1CN(CCCn1ccnc1)C(=O)Nc1ccccc1Br. The number of ether oxygens (including phenoxy) is 1. The Labute approximate surface area is 179 Å². The van der Waals surface area contributed by atoms with Gasteiger partial charge in [0.1, 0.15) is 5.75 Å². The Hall–Kier alpha value is -2.80. The van der Waals surface area contributed by atoms with E-state index in [1.165, 1.54) is 0 Å². The van der Waals surface area contributed by atoms with Crippen LogP contribution in [0.3, 0.4) is 0 Å². The average Bonchev–Trinajstić information content (AvgIpc) is 3.24. The number of nitrogens with zero attached hydrogens (tertiary/aromatic N) is 3. The summed E-state index contributed by atoms with van der Waals surface area (Å²) in [4.78, 5) is 18.9. The number of aryl methyl sites for hydroxylation is 1. The molecule has 6 nitrogen and oxygen atoms in total. The molecule has 3 rings (SSSR count). The Morgan fingerprint density at radius 3 is 2.76 bits per heavy atom. The molecule has 152 valence electrons. The molecule has 0 saturated heterocycles. The van der Waals surface area contributed by atoms with Gasteiger partial charge in [-0.2, -0.15) is 0 Å². The smallest absolute Gasteiger partial charge is 0.322 e. The third-order valence-corrected chi connectivity index (χ3v) is 5.13. The molecule has 3 aromatic rings. The summed E-state index contributed by atoms with van der Waals surface area (Å²) < 4.78 is 8.60. The number of amides is 2. The topological polar surface area (TPSA) is 59.4 Å². The maximum Gasteiger partial charge on any atom is 0.322 e. The van der Waals surface area contributed by atoms with Crippen molar-refractivity contribution in [3.05, 3.63) is 77.3 Å². The van der Waals surface area contributed by atoms with E-state index in [1.807, 2.05) is 71.1 Å². The number of hydrogen-bond acceptors (Lipinski definition) is 3. The normalized spacial score (nSPS) is 10.6. The van der Waals surface area contributed by atoms with Crippen molar-refractivity contribution in [3.63, 3.8) is 0 Å². The van der Waals surface area contributed by atoms with Crippen molar-refractivity contribution in [1.29, 1.82) is 0 Å². The first-order valence-corrected chi connectivity index (χ1v) is 10.4. The number of para-hydroxylation sites is 2. The number of imidazole rings is 1. The van der Waals surface area contributed by atoms with Crippen molar-refractivity contribution in [1.82, 2.24) is 14.5 Å². The second-order valence-electron chi connectivity index (χ2n) is 6.53. The van der Waals surface area contributed by atoms with Gasteiger partial charge in [-0.05, 0) is 47.5 Å². The summed E-state index contributed by atoms with van der Waals surface area (Å²) in [5.74, 6) is 0.809. The first-order valence-electron chi connectivity index (χ1n) is 9.64. The van der Waals surface area contributed by atoms with Crippen LogP contribution >= 0.6 is 15.9 Å². The van der Waals surface area contributed by atoms with Crippen LogP contribution in [-0.4, -0.2) is 33.6 Å². The highest BCUT2D eigenvalue weighted by Gasteiger charge is 2.17. The van der Waals surface area contributed by atoms with Crippen LogP contribution in [0.4, 0.5) is 10.5 Å². The number of nitrogens with one attached hydrogen (secondary N) is 1. The van der Waals surface area contributed by atoms with Crippen LogP contribution < -0.4 is 10.1 Å².